The van der Waals surface area contributed by atoms with Crippen molar-refractivity contribution in [2.45, 2.75) is 0 Å². The van der Waals surface area contributed by atoms with Crippen molar-refractivity contribution in [3.05, 3.63) is 35.4 Å². The standard InChI is InChI=1S/C12H14ClF2NO2/c1-18-7-6-16(5-4-13)12(17)10-3-2-9(14)8-11(10)15/h2-3,8H,4-7H2,1H3. The second kappa shape index (κ2) is 7.28. The van der Waals surface area contributed by atoms with Gasteiger partial charge in [0.2, 0.25) is 0 Å². The minimum Gasteiger partial charge on any atom is -0.383 e. The van der Waals surface area contributed by atoms with Crippen LogP contribution in [0.4, 0.5) is 8.78 Å². The third-order valence-electron chi connectivity index (χ3n) is 2.37. The molecule has 0 fully saturated rings. The molecule has 0 bridgehead atoms. The summed E-state index contributed by atoms with van der Waals surface area (Å²) in [5.41, 5.74) is -0.169. The van der Waals surface area contributed by atoms with E-state index in [1.165, 1.54) is 12.0 Å². The number of carbonyl (C=O) groups excluding carboxylic acids is 1. The van der Waals surface area contributed by atoms with Crippen molar-refractivity contribution < 1.29 is 18.3 Å². The van der Waals surface area contributed by atoms with E-state index in [4.69, 9.17) is 16.3 Å². The molecule has 0 aliphatic heterocycles. The summed E-state index contributed by atoms with van der Waals surface area (Å²) < 4.78 is 31.1. The predicted octanol–water partition coefficient (Wildman–Crippen LogP) is 2.29. The third-order valence-corrected chi connectivity index (χ3v) is 2.54. The summed E-state index contributed by atoms with van der Waals surface area (Å²) in [4.78, 5) is 13.4. The first-order valence-electron chi connectivity index (χ1n) is 5.39. The smallest absolute Gasteiger partial charge is 0.256 e. The van der Waals surface area contributed by atoms with E-state index in [-0.39, 0.29) is 18.0 Å². The molecule has 1 rings (SSSR count). The van der Waals surface area contributed by atoms with E-state index in [1.807, 2.05) is 0 Å². The van der Waals surface area contributed by atoms with Crippen LogP contribution in [0.1, 0.15) is 10.4 Å². The van der Waals surface area contributed by atoms with Gasteiger partial charge in [-0.05, 0) is 12.1 Å². The maximum atomic E-state index is 13.5. The number of nitrogens with zero attached hydrogens (tertiary/aromatic N) is 1. The Balaban J connectivity index is 2.87. The number of methoxy groups -OCH3 is 1. The molecule has 1 aromatic carbocycles. The first-order valence-corrected chi connectivity index (χ1v) is 5.92. The van der Waals surface area contributed by atoms with Crippen LogP contribution >= 0.6 is 11.6 Å². The Labute approximate surface area is 109 Å². The van der Waals surface area contributed by atoms with E-state index >= 15 is 0 Å². The van der Waals surface area contributed by atoms with Crippen molar-refractivity contribution in [1.29, 1.82) is 0 Å². The monoisotopic (exact) mass is 277 g/mol. The molecule has 0 aliphatic rings. The van der Waals surface area contributed by atoms with Gasteiger partial charge in [-0.2, -0.15) is 0 Å². The van der Waals surface area contributed by atoms with Crippen molar-refractivity contribution in [1.82, 2.24) is 4.90 Å². The minimum atomic E-state index is -0.878. The molecule has 0 aromatic heterocycles. The maximum absolute atomic E-state index is 13.5. The highest BCUT2D eigenvalue weighted by Crippen LogP contribution is 2.12. The van der Waals surface area contributed by atoms with Crippen molar-refractivity contribution in [2.24, 2.45) is 0 Å². The van der Waals surface area contributed by atoms with Gasteiger partial charge in [0.1, 0.15) is 11.6 Å². The van der Waals surface area contributed by atoms with Gasteiger partial charge in [0.05, 0.1) is 12.2 Å². The lowest BCUT2D eigenvalue weighted by Crippen LogP contribution is -2.36. The quantitative estimate of drug-likeness (QED) is 0.747. The summed E-state index contributed by atoms with van der Waals surface area (Å²) in [6.07, 6.45) is 0. The van der Waals surface area contributed by atoms with Gasteiger partial charge < -0.3 is 9.64 Å². The Kier molecular flexibility index (Phi) is 6.01. The average molecular weight is 278 g/mol. The van der Waals surface area contributed by atoms with E-state index in [0.717, 1.165) is 12.1 Å². The highest BCUT2D eigenvalue weighted by molar-refractivity contribution is 6.18. The maximum Gasteiger partial charge on any atom is 0.256 e. The number of hydrogen-bond acceptors (Lipinski definition) is 2. The van der Waals surface area contributed by atoms with Crippen molar-refractivity contribution in [2.75, 3.05) is 32.7 Å². The van der Waals surface area contributed by atoms with Crippen LogP contribution in [0.25, 0.3) is 0 Å². The van der Waals surface area contributed by atoms with E-state index in [2.05, 4.69) is 0 Å². The summed E-state index contributed by atoms with van der Waals surface area (Å²) in [7, 11) is 1.50. The van der Waals surface area contributed by atoms with Crippen molar-refractivity contribution in [3.63, 3.8) is 0 Å². The van der Waals surface area contributed by atoms with Crippen LogP contribution in [-0.4, -0.2) is 43.5 Å². The largest absolute Gasteiger partial charge is 0.383 e. The molecular weight excluding hydrogens is 264 g/mol. The SMILES string of the molecule is COCCN(CCCl)C(=O)c1ccc(F)cc1F. The Morgan fingerprint density at radius 3 is 2.67 bits per heavy atom. The summed E-state index contributed by atoms with van der Waals surface area (Å²) in [5, 5.41) is 0. The first kappa shape index (κ1) is 14.9. The molecule has 0 spiro atoms. The molecule has 1 amide bonds. The van der Waals surface area contributed by atoms with Gasteiger partial charge in [-0.3, -0.25) is 4.79 Å². The fourth-order valence-electron chi connectivity index (χ4n) is 1.45. The summed E-state index contributed by atoms with van der Waals surface area (Å²) in [6.45, 7) is 0.908. The molecule has 3 nitrogen and oxygen atoms in total. The molecule has 0 saturated carbocycles. The highest BCUT2D eigenvalue weighted by atomic mass is 35.5. The summed E-state index contributed by atoms with van der Waals surface area (Å²) >= 11 is 5.58. The topological polar surface area (TPSA) is 29.5 Å². The van der Waals surface area contributed by atoms with Gasteiger partial charge >= 0.3 is 0 Å². The molecule has 0 aliphatic carbocycles. The Bertz CT molecular complexity index is 415. The Hall–Kier alpha value is -1.20. The summed E-state index contributed by atoms with van der Waals surface area (Å²) in [6, 6.07) is 2.86. The molecule has 0 unspecified atom stereocenters. The molecule has 6 heteroatoms. The number of halogens is 3. The molecule has 0 heterocycles. The van der Waals surface area contributed by atoms with Gasteiger partial charge in [-0.15, -0.1) is 11.6 Å². The predicted molar refractivity (Wildman–Crippen MR) is 64.9 cm³/mol. The zero-order chi connectivity index (χ0) is 13.5. The van der Waals surface area contributed by atoms with Crippen LogP contribution in [0, 0.1) is 11.6 Å². The minimum absolute atomic E-state index is 0.169. The van der Waals surface area contributed by atoms with Crippen LogP contribution in [-0.2, 0) is 4.74 Å². The number of amides is 1. The van der Waals surface area contributed by atoms with Gasteiger partial charge in [0, 0.05) is 32.1 Å². The molecule has 1 aromatic rings. The fourth-order valence-corrected chi connectivity index (χ4v) is 1.66. The number of carbonyl (C=O) groups is 1. The van der Waals surface area contributed by atoms with E-state index in [9.17, 15) is 13.6 Å². The third kappa shape index (κ3) is 3.92. The van der Waals surface area contributed by atoms with Crippen LogP contribution in [0.15, 0.2) is 18.2 Å². The number of rotatable bonds is 6. The second-order valence-electron chi connectivity index (χ2n) is 3.60. The number of hydrogen-bond donors (Lipinski definition) is 0. The first-order chi connectivity index (χ1) is 8.60. The Morgan fingerprint density at radius 1 is 1.39 bits per heavy atom. The normalized spacial score (nSPS) is 10.4. The molecular formula is C12H14ClF2NO2. The molecule has 0 radical (unpaired) electrons. The van der Waals surface area contributed by atoms with E-state index in [0.29, 0.717) is 19.2 Å². The van der Waals surface area contributed by atoms with Crippen LogP contribution in [0.2, 0.25) is 0 Å². The number of benzene rings is 1. The van der Waals surface area contributed by atoms with E-state index in [1.54, 1.807) is 0 Å². The van der Waals surface area contributed by atoms with Crippen molar-refractivity contribution in [3.8, 4) is 0 Å². The number of alkyl halides is 1. The lowest BCUT2D eigenvalue weighted by molar-refractivity contribution is 0.0703. The zero-order valence-corrected chi connectivity index (χ0v) is 10.7. The Morgan fingerprint density at radius 2 is 2.11 bits per heavy atom. The van der Waals surface area contributed by atoms with Gasteiger partial charge in [-0.25, -0.2) is 8.78 Å². The summed E-state index contributed by atoms with van der Waals surface area (Å²) in [5.74, 6) is -1.88. The molecule has 100 valence electrons. The second-order valence-corrected chi connectivity index (χ2v) is 3.98. The van der Waals surface area contributed by atoms with Crippen LogP contribution in [0.3, 0.4) is 0 Å². The van der Waals surface area contributed by atoms with Gasteiger partial charge in [0.25, 0.3) is 5.91 Å². The molecule has 18 heavy (non-hydrogen) atoms. The average Bonchev–Trinajstić information content (AvgIpc) is 2.33. The molecule has 0 N–H and O–H groups in total. The van der Waals surface area contributed by atoms with Crippen molar-refractivity contribution >= 4 is 17.5 Å². The van der Waals surface area contributed by atoms with Gasteiger partial charge in [-0.1, -0.05) is 0 Å². The van der Waals surface area contributed by atoms with E-state index < -0.39 is 17.5 Å². The zero-order valence-electron chi connectivity index (χ0n) is 9.96. The lowest BCUT2D eigenvalue weighted by Gasteiger charge is -2.21. The van der Waals surface area contributed by atoms with Crippen LogP contribution < -0.4 is 0 Å². The number of ether oxygens (including phenoxy) is 1. The highest BCUT2D eigenvalue weighted by Gasteiger charge is 2.19. The molecule has 0 saturated heterocycles. The van der Waals surface area contributed by atoms with Gasteiger partial charge in [0.15, 0.2) is 0 Å². The fraction of sp³-hybridized carbons (Fsp3) is 0.417. The van der Waals surface area contributed by atoms with Crippen LogP contribution in [0.5, 0.6) is 0 Å². The lowest BCUT2D eigenvalue weighted by atomic mass is 10.2. The molecule has 0 atom stereocenters.